The molecule has 1 aliphatic heterocycles. The minimum atomic E-state index is -4.55. The molecule has 1 amide bonds. The number of halogens is 3. The highest BCUT2D eigenvalue weighted by molar-refractivity contribution is 7.89. The van der Waals surface area contributed by atoms with E-state index in [0.717, 1.165) is 0 Å². The molecule has 0 spiro atoms. The normalized spacial score (nSPS) is 16.5. The molecule has 1 saturated heterocycles. The molecule has 2 aromatic heterocycles. The molecule has 0 saturated carbocycles. The maximum atomic E-state index is 12.9. The van der Waals surface area contributed by atoms with Gasteiger partial charge in [0.2, 0.25) is 15.9 Å². The zero-order valence-electron chi connectivity index (χ0n) is 17.1. The van der Waals surface area contributed by atoms with E-state index in [0.29, 0.717) is 4.90 Å². The summed E-state index contributed by atoms with van der Waals surface area (Å²) < 4.78 is 75.8. The van der Waals surface area contributed by atoms with Crippen LogP contribution in [0.4, 0.5) is 13.2 Å². The highest BCUT2D eigenvalue weighted by Gasteiger charge is 2.36. The fraction of sp³-hybridized carbons (Fsp3) is 0.556. The molecule has 0 bridgehead atoms. The molecular formula is C18H23F3N4O5S. The average molecular weight is 464 g/mol. The first-order valence-electron chi connectivity index (χ1n) is 9.49. The van der Waals surface area contributed by atoms with Crippen molar-refractivity contribution in [3.8, 4) is 0 Å². The van der Waals surface area contributed by atoms with Crippen molar-refractivity contribution in [2.75, 3.05) is 39.3 Å². The first-order chi connectivity index (χ1) is 14.5. The number of amides is 1. The van der Waals surface area contributed by atoms with E-state index in [4.69, 9.17) is 8.94 Å². The van der Waals surface area contributed by atoms with Crippen LogP contribution < -0.4 is 0 Å². The van der Waals surface area contributed by atoms with Crippen LogP contribution in [0.1, 0.15) is 17.2 Å². The Morgan fingerprint density at radius 1 is 1.23 bits per heavy atom. The Kier molecular flexibility index (Phi) is 6.76. The van der Waals surface area contributed by atoms with Crippen LogP contribution >= 0.6 is 0 Å². The Bertz CT molecular complexity index is 977. The number of nitrogens with zero attached hydrogens (tertiary/aromatic N) is 4. The van der Waals surface area contributed by atoms with Gasteiger partial charge < -0.3 is 13.8 Å². The molecule has 3 heterocycles. The predicted molar refractivity (Wildman–Crippen MR) is 101 cm³/mol. The Hall–Kier alpha value is -2.38. The van der Waals surface area contributed by atoms with Gasteiger partial charge in [0.1, 0.15) is 22.9 Å². The van der Waals surface area contributed by atoms with Crippen molar-refractivity contribution in [1.82, 2.24) is 19.3 Å². The maximum Gasteiger partial charge on any atom is 0.406 e. The Labute approximate surface area is 177 Å². The second-order valence-corrected chi connectivity index (χ2v) is 9.15. The third-order valence-electron chi connectivity index (χ3n) is 4.91. The number of hydrogen-bond acceptors (Lipinski definition) is 7. The first-order valence-corrected chi connectivity index (χ1v) is 10.9. The van der Waals surface area contributed by atoms with Crippen molar-refractivity contribution in [3.63, 3.8) is 0 Å². The predicted octanol–water partition coefficient (Wildman–Crippen LogP) is 1.78. The van der Waals surface area contributed by atoms with Gasteiger partial charge in [-0.25, -0.2) is 8.42 Å². The van der Waals surface area contributed by atoms with Crippen LogP contribution in [0.5, 0.6) is 0 Å². The molecule has 0 radical (unpaired) electrons. The zero-order chi connectivity index (χ0) is 22.8. The molecule has 2 aromatic rings. The fourth-order valence-electron chi connectivity index (χ4n) is 3.43. The largest absolute Gasteiger partial charge is 0.467 e. The number of piperazine rings is 1. The molecule has 0 aliphatic carbocycles. The monoisotopic (exact) mass is 464 g/mol. The number of sulfonamides is 1. The number of furan rings is 1. The molecule has 1 fully saturated rings. The van der Waals surface area contributed by atoms with Crippen LogP contribution in [0, 0.1) is 13.8 Å². The lowest BCUT2D eigenvalue weighted by molar-refractivity contribution is -0.163. The molecule has 3 rings (SSSR count). The summed E-state index contributed by atoms with van der Waals surface area (Å²) in [6.07, 6.45) is -3.23. The third-order valence-corrected chi connectivity index (χ3v) is 7.05. The van der Waals surface area contributed by atoms with Gasteiger partial charge in [-0.1, -0.05) is 5.16 Å². The number of aromatic nitrogens is 1. The van der Waals surface area contributed by atoms with Gasteiger partial charge in [-0.05, 0) is 26.0 Å². The van der Waals surface area contributed by atoms with Crippen LogP contribution in [-0.2, 0) is 21.4 Å². The summed E-state index contributed by atoms with van der Waals surface area (Å²) >= 11 is 0. The zero-order valence-corrected chi connectivity index (χ0v) is 17.9. The number of rotatable bonds is 7. The van der Waals surface area contributed by atoms with Crippen molar-refractivity contribution in [2.24, 2.45) is 0 Å². The van der Waals surface area contributed by atoms with Gasteiger partial charge in [0.15, 0.2) is 5.76 Å². The standard InChI is InChI=1S/C18H23F3N4O5S/c1-13-17(14(2)30-22-13)31(27,28)25-7-5-23(6-8-25)11-16(26)24(12-18(19,20)21)10-15-4-3-9-29-15/h3-4,9H,5-8,10-12H2,1-2H3. The molecular weight excluding hydrogens is 441 g/mol. The van der Waals surface area contributed by atoms with Crippen LogP contribution in [0.25, 0.3) is 0 Å². The molecule has 0 unspecified atom stereocenters. The molecule has 172 valence electrons. The molecule has 13 heteroatoms. The topological polar surface area (TPSA) is 100 Å². The van der Waals surface area contributed by atoms with Crippen LogP contribution in [0.3, 0.4) is 0 Å². The molecule has 0 N–H and O–H groups in total. The minimum Gasteiger partial charge on any atom is -0.467 e. The third kappa shape index (κ3) is 5.66. The average Bonchev–Trinajstić information content (AvgIpc) is 3.30. The van der Waals surface area contributed by atoms with E-state index >= 15 is 0 Å². The van der Waals surface area contributed by atoms with Gasteiger partial charge in [0.25, 0.3) is 0 Å². The van der Waals surface area contributed by atoms with E-state index in [-0.39, 0.29) is 61.4 Å². The lowest BCUT2D eigenvalue weighted by atomic mass is 10.3. The van der Waals surface area contributed by atoms with E-state index in [1.54, 1.807) is 4.90 Å². The summed E-state index contributed by atoms with van der Waals surface area (Å²) in [4.78, 5) is 14.9. The SMILES string of the molecule is Cc1noc(C)c1S(=O)(=O)N1CCN(CC(=O)N(Cc2ccco2)CC(F)(F)F)CC1. The summed E-state index contributed by atoms with van der Waals surface area (Å²) in [5.74, 6) is -0.278. The van der Waals surface area contributed by atoms with E-state index in [2.05, 4.69) is 5.16 Å². The number of alkyl halides is 3. The summed E-state index contributed by atoms with van der Waals surface area (Å²) in [6.45, 7) is 1.69. The van der Waals surface area contributed by atoms with Crippen molar-refractivity contribution in [2.45, 2.75) is 31.5 Å². The molecule has 0 atom stereocenters. The Morgan fingerprint density at radius 3 is 2.42 bits per heavy atom. The van der Waals surface area contributed by atoms with Gasteiger partial charge >= 0.3 is 6.18 Å². The highest BCUT2D eigenvalue weighted by Crippen LogP contribution is 2.24. The summed E-state index contributed by atoms with van der Waals surface area (Å²) in [5.41, 5.74) is 0.260. The van der Waals surface area contributed by atoms with Crippen LogP contribution in [0.15, 0.2) is 32.2 Å². The smallest absolute Gasteiger partial charge is 0.406 e. The van der Waals surface area contributed by atoms with Crippen molar-refractivity contribution in [1.29, 1.82) is 0 Å². The van der Waals surface area contributed by atoms with Gasteiger partial charge in [-0.3, -0.25) is 9.69 Å². The summed E-state index contributed by atoms with van der Waals surface area (Å²) in [5, 5.41) is 3.67. The number of hydrogen-bond donors (Lipinski definition) is 0. The van der Waals surface area contributed by atoms with Gasteiger partial charge in [-0.15, -0.1) is 0 Å². The fourth-order valence-corrected chi connectivity index (χ4v) is 5.14. The Morgan fingerprint density at radius 2 is 1.90 bits per heavy atom. The van der Waals surface area contributed by atoms with Gasteiger partial charge in [-0.2, -0.15) is 17.5 Å². The van der Waals surface area contributed by atoms with Crippen LogP contribution in [-0.4, -0.2) is 79.0 Å². The van der Waals surface area contributed by atoms with Crippen LogP contribution in [0.2, 0.25) is 0 Å². The number of carbonyl (C=O) groups is 1. The second kappa shape index (κ2) is 9.01. The van der Waals surface area contributed by atoms with Crippen molar-refractivity contribution >= 4 is 15.9 Å². The first kappa shape index (κ1) is 23.3. The van der Waals surface area contributed by atoms with E-state index in [9.17, 15) is 26.4 Å². The van der Waals surface area contributed by atoms with E-state index in [1.807, 2.05) is 0 Å². The van der Waals surface area contributed by atoms with Gasteiger partial charge in [0.05, 0.1) is 19.4 Å². The number of aryl methyl sites for hydroxylation is 2. The minimum absolute atomic E-state index is 0.0202. The Balaban J connectivity index is 1.61. The quantitative estimate of drug-likeness (QED) is 0.616. The molecule has 1 aliphatic rings. The van der Waals surface area contributed by atoms with Crippen molar-refractivity contribution < 1.29 is 35.3 Å². The highest BCUT2D eigenvalue weighted by atomic mass is 32.2. The summed E-state index contributed by atoms with van der Waals surface area (Å²) in [6, 6.07) is 3.03. The van der Waals surface area contributed by atoms with E-state index in [1.165, 1.54) is 36.5 Å². The lowest BCUT2D eigenvalue weighted by Crippen LogP contribution is -2.52. The lowest BCUT2D eigenvalue weighted by Gasteiger charge is -2.34. The number of carbonyl (C=O) groups excluding carboxylic acids is 1. The van der Waals surface area contributed by atoms with Crippen molar-refractivity contribution in [3.05, 3.63) is 35.6 Å². The van der Waals surface area contributed by atoms with E-state index < -0.39 is 28.7 Å². The maximum absolute atomic E-state index is 12.9. The van der Waals surface area contributed by atoms with Gasteiger partial charge in [0, 0.05) is 26.2 Å². The molecule has 0 aromatic carbocycles. The second-order valence-electron chi connectivity index (χ2n) is 7.28. The summed E-state index contributed by atoms with van der Waals surface area (Å²) in [7, 11) is -3.81. The molecule has 31 heavy (non-hydrogen) atoms. The molecule has 9 nitrogen and oxygen atoms in total.